The molecular weight excluding hydrogens is 582 g/mol. The zero-order valence-electron chi connectivity index (χ0n) is 27.4. The first-order valence-electron chi connectivity index (χ1n) is 16.4. The largest absolute Gasteiger partial charge is 0.461 e. The molecule has 0 aliphatic carbocycles. The van der Waals surface area contributed by atoms with Crippen LogP contribution in [-0.2, 0) is 29.0 Å². The number of esters is 1. The number of nitrogens with zero attached hydrogens (tertiary/aromatic N) is 3. The maximum Gasteiger partial charge on any atom is 0.419 e. The Bertz CT molecular complexity index is 1810. The summed E-state index contributed by atoms with van der Waals surface area (Å²) in [6, 6.07) is 11.9. The van der Waals surface area contributed by atoms with Crippen molar-refractivity contribution in [1.29, 1.82) is 0 Å². The van der Waals surface area contributed by atoms with Crippen LogP contribution in [0.5, 0.6) is 0 Å². The molecule has 0 unspecified atom stereocenters. The third kappa shape index (κ3) is 6.31. The fraction of sp³-hybridized carbons (Fsp3) is 0.444. The predicted molar refractivity (Wildman–Crippen MR) is 177 cm³/mol. The Morgan fingerprint density at radius 1 is 1.02 bits per heavy atom. The van der Waals surface area contributed by atoms with Gasteiger partial charge in [-0.1, -0.05) is 25.8 Å². The Hall–Kier alpha value is -4.44. The van der Waals surface area contributed by atoms with E-state index in [4.69, 9.17) is 9.47 Å². The summed E-state index contributed by atoms with van der Waals surface area (Å²) in [5.41, 5.74) is 5.26. The van der Waals surface area contributed by atoms with Gasteiger partial charge in [0.15, 0.2) is 5.69 Å². The molecule has 2 N–H and O–H groups in total. The molecule has 1 fully saturated rings. The lowest BCUT2D eigenvalue weighted by Crippen LogP contribution is -2.29. The number of piperidine rings is 1. The number of nitrogens with one attached hydrogen (secondary N) is 2. The number of rotatable bonds is 8. The molecule has 4 aromatic rings. The molecule has 1 amide bonds. The van der Waals surface area contributed by atoms with E-state index >= 15 is 0 Å². The van der Waals surface area contributed by atoms with Gasteiger partial charge in [0, 0.05) is 35.3 Å². The molecule has 10 nitrogen and oxygen atoms in total. The van der Waals surface area contributed by atoms with Crippen molar-refractivity contribution in [1.82, 2.24) is 24.8 Å². The van der Waals surface area contributed by atoms with Crippen LogP contribution in [0.1, 0.15) is 98.0 Å². The summed E-state index contributed by atoms with van der Waals surface area (Å²) < 4.78 is 12.8. The van der Waals surface area contributed by atoms with E-state index in [0.29, 0.717) is 52.4 Å². The van der Waals surface area contributed by atoms with Gasteiger partial charge in [0.25, 0.3) is 5.91 Å². The average molecular weight is 626 g/mol. The number of ether oxygens (including phenoxy) is 2. The highest BCUT2D eigenvalue weighted by Crippen LogP contribution is 2.38. The van der Waals surface area contributed by atoms with Crippen molar-refractivity contribution in [2.75, 3.05) is 19.7 Å². The van der Waals surface area contributed by atoms with Crippen LogP contribution in [-0.4, -0.2) is 62.7 Å². The molecule has 2 aromatic carbocycles. The first-order valence-corrected chi connectivity index (χ1v) is 16.4. The molecule has 242 valence electrons. The second-order valence-corrected chi connectivity index (χ2v) is 13.2. The third-order valence-corrected chi connectivity index (χ3v) is 8.48. The number of likely N-dealkylation sites (tertiary alicyclic amines) is 1. The number of aryl methyl sites for hydroxylation is 1. The Kier molecular flexibility index (Phi) is 8.74. The Labute approximate surface area is 269 Å². The number of carbonyl (C=O) groups is 3. The standard InChI is InChI=1S/C36H43N5O5/c1-6-11-27-31(34(43)45-7-2)39-32(38-27)24-17-25-20-37-33(42)30(25)26(18-24)29-19-23-16-22(21-40-14-9-8-10-15-40)12-13-28(23)41(29)35(44)46-36(3,4)5/h12-13,16-19H,6-11,14-15,20-21H2,1-5H3,(H,37,42)(H,38,39). The number of carbonyl (C=O) groups excluding carboxylic acids is 3. The molecule has 4 heterocycles. The Morgan fingerprint density at radius 2 is 1.80 bits per heavy atom. The lowest BCUT2D eigenvalue weighted by atomic mass is 9.96. The second kappa shape index (κ2) is 12.7. The minimum atomic E-state index is -0.729. The Balaban J connectivity index is 1.52. The molecule has 0 atom stereocenters. The van der Waals surface area contributed by atoms with E-state index in [1.165, 1.54) is 24.8 Å². The van der Waals surface area contributed by atoms with E-state index in [1.807, 2.05) is 52.0 Å². The number of aromatic nitrogens is 3. The maximum absolute atomic E-state index is 13.9. The van der Waals surface area contributed by atoms with E-state index in [2.05, 4.69) is 32.3 Å². The first kappa shape index (κ1) is 31.5. The lowest BCUT2D eigenvalue weighted by molar-refractivity contribution is 0.0515. The van der Waals surface area contributed by atoms with E-state index in [1.54, 1.807) is 11.5 Å². The molecule has 2 aliphatic rings. The zero-order chi connectivity index (χ0) is 32.6. The highest BCUT2D eigenvalue weighted by molar-refractivity contribution is 6.07. The van der Waals surface area contributed by atoms with E-state index in [-0.39, 0.29) is 18.2 Å². The van der Waals surface area contributed by atoms with Gasteiger partial charge in [0.1, 0.15) is 11.4 Å². The van der Waals surface area contributed by atoms with Crippen molar-refractivity contribution >= 4 is 28.9 Å². The number of H-pyrrole nitrogens is 1. The van der Waals surface area contributed by atoms with Crippen LogP contribution in [0.25, 0.3) is 33.5 Å². The summed E-state index contributed by atoms with van der Waals surface area (Å²) in [7, 11) is 0. The van der Waals surface area contributed by atoms with Crippen molar-refractivity contribution < 1.29 is 23.9 Å². The van der Waals surface area contributed by atoms with Crippen LogP contribution in [0.3, 0.4) is 0 Å². The van der Waals surface area contributed by atoms with Crippen molar-refractivity contribution in [3.8, 4) is 22.6 Å². The van der Waals surface area contributed by atoms with Gasteiger partial charge in [-0.25, -0.2) is 19.1 Å². The topological polar surface area (TPSA) is 119 Å². The number of fused-ring (bicyclic) bond motifs is 2. The maximum atomic E-state index is 13.9. The van der Waals surface area contributed by atoms with Crippen molar-refractivity contribution in [2.24, 2.45) is 0 Å². The molecule has 0 spiro atoms. The molecule has 1 saturated heterocycles. The highest BCUT2D eigenvalue weighted by atomic mass is 16.6. The van der Waals surface area contributed by atoms with E-state index < -0.39 is 17.7 Å². The SMILES string of the molecule is CCCc1[nH]c(-c2cc3c(c(-c4cc5cc(CN6CCCCC6)ccc5n4C(=O)OC(C)(C)C)c2)C(=O)NC3)nc1C(=O)OCC. The molecule has 0 saturated carbocycles. The fourth-order valence-corrected chi connectivity index (χ4v) is 6.50. The van der Waals surface area contributed by atoms with Crippen molar-refractivity contribution in [3.05, 3.63) is 64.5 Å². The monoisotopic (exact) mass is 625 g/mol. The molecule has 6 rings (SSSR count). The minimum Gasteiger partial charge on any atom is -0.461 e. The summed E-state index contributed by atoms with van der Waals surface area (Å²) in [4.78, 5) is 50.4. The van der Waals surface area contributed by atoms with Gasteiger partial charge in [0.2, 0.25) is 0 Å². The summed E-state index contributed by atoms with van der Waals surface area (Å²) >= 11 is 0. The van der Waals surface area contributed by atoms with Crippen LogP contribution < -0.4 is 5.32 Å². The van der Waals surface area contributed by atoms with Gasteiger partial charge in [-0.3, -0.25) is 9.69 Å². The van der Waals surface area contributed by atoms with Gasteiger partial charge in [-0.15, -0.1) is 0 Å². The number of aromatic amines is 1. The van der Waals surface area contributed by atoms with E-state index in [0.717, 1.165) is 37.0 Å². The highest BCUT2D eigenvalue weighted by Gasteiger charge is 2.30. The molecular formula is C36H43N5O5. The van der Waals surface area contributed by atoms with Gasteiger partial charge in [0.05, 0.1) is 23.4 Å². The lowest BCUT2D eigenvalue weighted by Gasteiger charge is -2.26. The van der Waals surface area contributed by atoms with Gasteiger partial charge in [-0.2, -0.15) is 0 Å². The predicted octanol–water partition coefficient (Wildman–Crippen LogP) is 6.84. The van der Waals surface area contributed by atoms with Crippen molar-refractivity contribution in [2.45, 2.75) is 85.4 Å². The molecule has 46 heavy (non-hydrogen) atoms. The van der Waals surface area contributed by atoms with Crippen LogP contribution in [0, 0.1) is 0 Å². The average Bonchev–Trinajstić information content (AvgIpc) is 3.72. The van der Waals surface area contributed by atoms with Crippen LogP contribution in [0.4, 0.5) is 4.79 Å². The quantitative estimate of drug-likeness (QED) is 0.206. The molecule has 0 bridgehead atoms. The molecule has 0 radical (unpaired) electrons. The second-order valence-electron chi connectivity index (χ2n) is 13.2. The van der Waals surface area contributed by atoms with Crippen LogP contribution >= 0.6 is 0 Å². The van der Waals surface area contributed by atoms with Crippen molar-refractivity contribution in [3.63, 3.8) is 0 Å². The first-order chi connectivity index (χ1) is 22.1. The molecule has 2 aliphatic heterocycles. The summed E-state index contributed by atoms with van der Waals surface area (Å²) in [6.07, 6.45) is 4.62. The number of benzene rings is 2. The zero-order valence-corrected chi connectivity index (χ0v) is 27.4. The number of hydrogen-bond donors (Lipinski definition) is 2. The van der Waals surface area contributed by atoms with Crippen LogP contribution in [0.15, 0.2) is 36.4 Å². The van der Waals surface area contributed by atoms with Gasteiger partial charge in [-0.05, 0) is 102 Å². The summed E-state index contributed by atoms with van der Waals surface area (Å²) in [5.74, 6) is -0.183. The summed E-state index contributed by atoms with van der Waals surface area (Å²) in [6.45, 7) is 12.9. The van der Waals surface area contributed by atoms with Gasteiger partial charge >= 0.3 is 12.1 Å². The number of hydrogen-bond acceptors (Lipinski definition) is 7. The van der Waals surface area contributed by atoms with Gasteiger partial charge < -0.3 is 19.8 Å². The van der Waals surface area contributed by atoms with E-state index in [9.17, 15) is 14.4 Å². The number of imidazole rings is 1. The number of amides is 1. The third-order valence-electron chi connectivity index (χ3n) is 8.48. The minimum absolute atomic E-state index is 0.207. The molecule has 10 heteroatoms. The Morgan fingerprint density at radius 3 is 2.52 bits per heavy atom. The molecule has 2 aromatic heterocycles. The smallest absolute Gasteiger partial charge is 0.419 e. The summed E-state index contributed by atoms with van der Waals surface area (Å²) in [5, 5.41) is 3.84. The normalized spacial score (nSPS) is 15.2. The fourth-order valence-electron chi connectivity index (χ4n) is 6.50. The van der Waals surface area contributed by atoms with Crippen LogP contribution in [0.2, 0.25) is 0 Å².